The molecule has 2 rings (SSSR count). The second-order valence-electron chi connectivity index (χ2n) is 5.79. The van der Waals surface area contributed by atoms with E-state index in [0.29, 0.717) is 18.7 Å². The Bertz CT molecular complexity index is 536. The largest absolute Gasteiger partial charge is 0.479 e. The SMILES string of the molecule is CC1CCC(CO)CN1C(=O)Cc1ccc(OCC#N)cc1. The first-order valence-corrected chi connectivity index (χ1v) is 7.63. The first-order chi connectivity index (χ1) is 10.6. The van der Waals surface area contributed by atoms with Gasteiger partial charge in [-0.05, 0) is 43.4 Å². The molecule has 118 valence electrons. The van der Waals surface area contributed by atoms with E-state index in [1.807, 2.05) is 23.1 Å². The van der Waals surface area contributed by atoms with Crippen molar-refractivity contribution >= 4 is 5.91 Å². The molecular formula is C17H22N2O3. The molecule has 22 heavy (non-hydrogen) atoms. The van der Waals surface area contributed by atoms with Gasteiger partial charge in [0, 0.05) is 19.2 Å². The highest BCUT2D eigenvalue weighted by atomic mass is 16.5. The van der Waals surface area contributed by atoms with Crippen LogP contribution in [0.3, 0.4) is 0 Å². The average Bonchev–Trinajstić information content (AvgIpc) is 2.54. The number of aliphatic hydroxyl groups is 1. The summed E-state index contributed by atoms with van der Waals surface area (Å²) in [6.07, 6.45) is 2.27. The average molecular weight is 302 g/mol. The summed E-state index contributed by atoms with van der Waals surface area (Å²) in [5.74, 6) is 0.919. The number of hydrogen-bond donors (Lipinski definition) is 1. The molecule has 5 heteroatoms. The van der Waals surface area contributed by atoms with Crippen LogP contribution in [0, 0.1) is 17.2 Å². The fourth-order valence-corrected chi connectivity index (χ4v) is 2.77. The Morgan fingerprint density at radius 3 is 2.77 bits per heavy atom. The van der Waals surface area contributed by atoms with Gasteiger partial charge in [-0.1, -0.05) is 12.1 Å². The number of carbonyl (C=O) groups is 1. The number of likely N-dealkylation sites (tertiary alicyclic amines) is 1. The van der Waals surface area contributed by atoms with Gasteiger partial charge in [-0.3, -0.25) is 4.79 Å². The molecule has 1 fully saturated rings. The molecule has 0 saturated carbocycles. The lowest BCUT2D eigenvalue weighted by atomic mass is 9.93. The standard InChI is InChI=1S/C17H22N2O3/c1-13-2-3-15(12-20)11-19(13)17(21)10-14-4-6-16(7-5-14)22-9-8-18/h4-7,13,15,20H,2-3,9-12H2,1H3. The van der Waals surface area contributed by atoms with Crippen LogP contribution in [0.25, 0.3) is 0 Å². The van der Waals surface area contributed by atoms with Crippen molar-refractivity contribution in [1.82, 2.24) is 4.90 Å². The van der Waals surface area contributed by atoms with Gasteiger partial charge < -0.3 is 14.7 Å². The molecule has 2 atom stereocenters. The van der Waals surface area contributed by atoms with Crippen molar-refractivity contribution in [2.75, 3.05) is 19.8 Å². The Morgan fingerprint density at radius 1 is 1.41 bits per heavy atom. The Hall–Kier alpha value is -2.06. The summed E-state index contributed by atoms with van der Waals surface area (Å²) in [6.45, 7) is 2.86. The van der Waals surface area contributed by atoms with Crippen molar-refractivity contribution in [1.29, 1.82) is 5.26 Å². The number of hydrogen-bond acceptors (Lipinski definition) is 4. The van der Waals surface area contributed by atoms with E-state index in [4.69, 9.17) is 10.00 Å². The molecule has 1 amide bonds. The summed E-state index contributed by atoms with van der Waals surface area (Å²) >= 11 is 0. The molecule has 5 nitrogen and oxygen atoms in total. The van der Waals surface area contributed by atoms with Gasteiger partial charge in [-0.25, -0.2) is 0 Å². The number of piperidine rings is 1. The van der Waals surface area contributed by atoms with Crippen LogP contribution in [0.4, 0.5) is 0 Å². The normalized spacial score (nSPS) is 21.2. The fourth-order valence-electron chi connectivity index (χ4n) is 2.77. The van der Waals surface area contributed by atoms with Gasteiger partial charge in [-0.15, -0.1) is 0 Å². The third-order valence-electron chi connectivity index (χ3n) is 4.14. The predicted molar refractivity (Wildman–Crippen MR) is 82.2 cm³/mol. The number of rotatable bonds is 5. The first-order valence-electron chi connectivity index (χ1n) is 7.63. The van der Waals surface area contributed by atoms with Crippen LogP contribution in [0.15, 0.2) is 24.3 Å². The molecular weight excluding hydrogens is 280 g/mol. The van der Waals surface area contributed by atoms with Gasteiger partial charge >= 0.3 is 0 Å². The third kappa shape index (κ3) is 4.22. The summed E-state index contributed by atoms with van der Waals surface area (Å²) in [5, 5.41) is 17.8. The van der Waals surface area contributed by atoms with Gasteiger partial charge in [-0.2, -0.15) is 5.26 Å². The monoisotopic (exact) mass is 302 g/mol. The molecule has 1 aliphatic heterocycles. The van der Waals surface area contributed by atoms with E-state index < -0.39 is 0 Å². The molecule has 0 spiro atoms. The minimum Gasteiger partial charge on any atom is -0.479 e. The first kappa shape index (κ1) is 16.3. The number of nitrogens with zero attached hydrogens (tertiary/aromatic N) is 2. The second kappa shape index (κ2) is 7.81. The molecule has 2 unspecified atom stereocenters. The number of aliphatic hydroxyl groups excluding tert-OH is 1. The highest BCUT2D eigenvalue weighted by Gasteiger charge is 2.28. The smallest absolute Gasteiger partial charge is 0.227 e. The van der Waals surface area contributed by atoms with Crippen LogP contribution >= 0.6 is 0 Å². The molecule has 0 bridgehead atoms. The van der Waals surface area contributed by atoms with E-state index in [9.17, 15) is 9.90 Å². The summed E-state index contributed by atoms with van der Waals surface area (Å²) < 4.78 is 5.19. The summed E-state index contributed by atoms with van der Waals surface area (Å²) in [4.78, 5) is 14.3. The van der Waals surface area contributed by atoms with Crippen LogP contribution in [0.1, 0.15) is 25.3 Å². The van der Waals surface area contributed by atoms with E-state index in [1.54, 1.807) is 12.1 Å². The predicted octanol–water partition coefficient (Wildman–Crippen LogP) is 1.75. The molecule has 0 aliphatic carbocycles. The van der Waals surface area contributed by atoms with Gasteiger partial charge in [0.15, 0.2) is 6.61 Å². The number of amides is 1. The second-order valence-corrected chi connectivity index (χ2v) is 5.79. The maximum absolute atomic E-state index is 12.5. The van der Waals surface area contributed by atoms with Crippen molar-refractivity contribution in [3.05, 3.63) is 29.8 Å². The van der Waals surface area contributed by atoms with E-state index in [2.05, 4.69) is 6.92 Å². The number of ether oxygens (including phenoxy) is 1. The van der Waals surface area contributed by atoms with Crippen molar-refractivity contribution in [2.45, 2.75) is 32.2 Å². The highest BCUT2D eigenvalue weighted by molar-refractivity contribution is 5.79. The molecule has 0 radical (unpaired) electrons. The minimum absolute atomic E-state index is 0.0200. The zero-order chi connectivity index (χ0) is 15.9. The van der Waals surface area contributed by atoms with E-state index in [1.165, 1.54) is 0 Å². The lowest BCUT2D eigenvalue weighted by Gasteiger charge is -2.37. The van der Waals surface area contributed by atoms with E-state index in [-0.39, 0.29) is 31.1 Å². The molecule has 1 heterocycles. The maximum atomic E-state index is 12.5. The Balaban J connectivity index is 1.94. The zero-order valence-electron chi connectivity index (χ0n) is 12.9. The molecule has 1 saturated heterocycles. The topological polar surface area (TPSA) is 73.6 Å². The Labute approximate surface area is 131 Å². The van der Waals surface area contributed by atoms with Crippen LogP contribution in [-0.4, -0.2) is 41.7 Å². The summed E-state index contributed by atoms with van der Waals surface area (Å²) in [5.41, 5.74) is 0.924. The van der Waals surface area contributed by atoms with Gasteiger partial charge in [0.25, 0.3) is 0 Å². The third-order valence-corrected chi connectivity index (χ3v) is 4.14. The van der Waals surface area contributed by atoms with Crippen molar-refractivity contribution in [3.8, 4) is 11.8 Å². The Kier molecular flexibility index (Phi) is 5.79. The minimum atomic E-state index is 0.0200. The number of nitriles is 1. The lowest BCUT2D eigenvalue weighted by molar-refractivity contribution is -0.135. The van der Waals surface area contributed by atoms with E-state index >= 15 is 0 Å². The van der Waals surface area contributed by atoms with E-state index in [0.717, 1.165) is 18.4 Å². The maximum Gasteiger partial charge on any atom is 0.227 e. The molecule has 1 aromatic rings. The molecule has 1 aromatic carbocycles. The molecule has 1 aliphatic rings. The number of benzene rings is 1. The fraction of sp³-hybridized carbons (Fsp3) is 0.529. The highest BCUT2D eigenvalue weighted by Crippen LogP contribution is 2.22. The molecule has 0 aromatic heterocycles. The molecule has 1 N–H and O–H groups in total. The van der Waals surface area contributed by atoms with Crippen molar-refractivity contribution in [3.63, 3.8) is 0 Å². The van der Waals surface area contributed by atoms with Gasteiger partial charge in [0.1, 0.15) is 11.8 Å². The lowest BCUT2D eigenvalue weighted by Crippen LogP contribution is -2.46. The van der Waals surface area contributed by atoms with Gasteiger partial charge in [0.2, 0.25) is 5.91 Å². The van der Waals surface area contributed by atoms with Crippen LogP contribution in [0.2, 0.25) is 0 Å². The number of carbonyl (C=O) groups excluding carboxylic acids is 1. The van der Waals surface area contributed by atoms with Gasteiger partial charge in [0.05, 0.1) is 6.42 Å². The van der Waals surface area contributed by atoms with Crippen molar-refractivity contribution < 1.29 is 14.6 Å². The quantitative estimate of drug-likeness (QED) is 0.899. The Morgan fingerprint density at radius 2 is 2.14 bits per heavy atom. The van der Waals surface area contributed by atoms with Crippen molar-refractivity contribution in [2.24, 2.45) is 5.92 Å². The summed E-state index contributed by atoms with van der Waals surface area (Å²) in [6, 6.07) is 9.39. The van der Waals surface area contributed by atoms with Crippen LogP contribution in [0.5, 0.6) is 5.75 Å². The zero-order valence-corrected chi connectivity index (χ0v) is 12.9. The van der Waals surface area contributed by atoms with Crippen LogP contribution in [-0.2, 0) is 11.2 Å². The summed E-state index contributed by atoms with van der Waals surface area (Å²) in [7, 11) is 0. The van der Waals surface area contributed by atoms with Crippen LogP contribution < -0.4 is 4.74 Å².